The lowest BCUT2D eigenvalue weighted by Crippen LogP contribution is -2.04. The molecule has 0 aliphatic carbocycles. The Hall–Kier alpha value is -0.520. The molecule has 0 bridgehead atoms. The molecule has 0 amide bonds. The van der Waals surface area contributed by atoms with Crippen molar-refractivity contribution in [2.45, 2.75) is 25.8 Å². The van der Waals surface area contributed by atoms with Gasteiger partial charge in [0.2, 0.25) is 0 Å². The van der Waals surface area contributed by atoms with Crippen molar-refractivity contribution in [3.05, 3.63) is 44.1 Å². The summed E-state index contributed by atoms with van der Waals surface area (Å²) in [6.45, 7) is 2.54. The van der Waals surface area contributed by atoms with Crippen LogP contribution in [0.2, 0.25) is 0 Å². The summed E-state index contributed by atoms with van der Waals surface area (Å²) in [5.41, 5.74) is 3.03. The molecule has 2 aromatic rings. The van der Waals surface area contributed by atoms with Gasteiger partial charge in [-0.1, -0.05) is 22.9 Å². The van der Waals surface area contributed by atoms with Crippen LogP contribution >= 0.6 is 43.5 Å². The second-order valence-corrected chi connectivity index (χ2v) is 6.33. The maximum absolute atomic E-state index is 5.95. The first-order valence-electron chi connectivity index (χ1n) is 6.24. The number of aromatic nitrogens is 2. The molecule has 0 N–H and O–H groups in total. The summed E-state index contributed by atoms with van der Waals surface area (Å²) in [7, 11) is 1.92. The van der Waals surface area contributed by atoms with Crippen molar-refractivity contribution in [2.75, 3.05) is 0 Å². The summed E-state index contributed by atoms with van der Waals surface area (Å²) >= 11 is 13.0. The zero-order valence-corrected chi connectivity index (χ0v) is 15.2. The van der Waals surface area contributed by atoms with Gasteiger partial charge in [-0.05, 0) is 40.5 Å². The molecule has 0 radical (unpaired) electrons. The van der Waals surface area contributed by atoms with Crippen molar-refractivity contribution in [3.8, 4) is 5.75 Å². The predicted molar refractivity (Wildman–Crippen MR) is 88.3 cm³/mol. The summed E-state index contributed by atoms with van der Waals surface area (Å²) < 4.78 is 9.76. The van der Waals surface area contributed by atoms with Crippen molar-refractivity contribution >= 4 is 43.5 Å². The Kier molecular flexibility index (Phi) is 5.52. The van der Waals surface area contributed by atoms with Crippen LogP contribution in [0.4, 0.5) is 0 Å². The van der Waals surface area contributed by atoms with Gasteiger partial charge in [0.15, 0.2) is 0 Å². The molecule has 0 atom stereocenters. The first-order valence-corrected chi connectivity index (χ1v) is 8.36. The quantitative estimate of drug-likeness (QED) is 0.646. The zero-order chi connectivity index (χ0) is 14.7. The van der Waals surface area contributed by atoms with E-state index < -0.39 is 0 Å². The van der Waals surface area contributed by atoms with Gasteiger partial charge in [-0.25, -0.2) is 0 Å². The molecule has 3 nitrogen and oxygen atoms in total. The number of hydrogen-bond acceptors (Lipinski definition) is 2. The Bertz CT molecular complexity index is 613. The fraction of sp³-hybridized carbons (Fsp3) is 0.357. The summed E-state index contributed by atoms with van der Waals surface area (Å²) in [5, 5.41) is 4.45. The maximum Gasteiger partial charge on any atom is 0.131 e. The fourth-order valence-corrected chi connectivity index (χ4v) is 3.26. The van der Waals surface area contributed by atoms with Gasteiger partial charge in [0, 0.05) is 17.1 Å². The van der Waals surface area contributed by atoms with Gasteiger partial charge in [0.25, 0.3) is 0 Å². The van der Waals surface area contributed by atoms with Crippen LogP contribution in [0.3, 0.4) is 0 Å². The van der Waals surface area contributed by atoms with Gasteiger partial charge in [0.05, 0.1) is 21.7 Å². The lowest BCUT2D eigenvalue weighted by atomic mass is 10.2. The number of halogens is 3. The van der Waals surface area contributed by atoms with Gasteiger partial charge < -0.3 is 4.74 Å². The van der Waals surface area contributed by atoms with Gasteiger partial charge >= 0.3 is 0 Å². The Morgan fingerprint density at radius 2 is 2.10 bits per heavy atom. The lowest BCUT2D eigenvalue weighted by Gasteiger charge is -2.11. The zero-order valence-electron chi connectivity index (χ0n) is 11.3. The van der Waals surface area contributed by atoms with Crippen molar-refractivity contribution in [1.82, 2.24) is 9.78 Å². The van der Waals surface area contributed by atoms with Crippen LogP contribution in [0.5, 0.6) is 5.75 Å². The Balaban J connectivity index is 2.19. The molecular weight excluding hydrogens is 407 g/mol. The van der Waals surface area contributed by atoms with Crippen LogP contribution in [-0.4, -0.2) is 9.78 Å². The standard InChI is InChI=1S/C14H15Br2ClN2O/c1-3-11-14(16)12(19(2)18-11)8-20-13-5-4-10(15)6-9(13)7-17/h4-6H,3,7-8H2,1-2H3. The first kappa shape index (κ1) is 15.9. The van der Waals surface area contributed by atoms with E-state index in [9.17, 15) is 0 Å². The summed E-state index contributed by atoms with van der Waals surface area (Å²) in [5.74, 6) is 1.22. The van der Waals surface area contributed by atoms with E-state index in [0.717, 1.165) is 38.1 Å². The van der Waals surface area contributed by atoms with Crippen LogP contribution in [0, 0.1) is 0 Å². The minimum absolute atomic E-state index is 0.418. The second kappa shape index (κ2) is 6.96. The van der Waals surface area contributed by atoms with Crippen LogP contribution in [0.15, 0.2) is 27.1 Å². The molecule has 0 fully saturated rings. The second-order valence-electron chi connectivity index (χ2n) is 4.36. The van der Waals surface area contributed by atoms with Crippen molar-refractivity contribution in [3.63, 3.8) is 0 Å². The van der Waals surface area contributed by atoms with Gasteiger partial charge in [0.1, 0.15) is 12.4 Å². The van der Waals surface area contributed by atoms with E-state index in [1.54, 1.807) is 0 Å². The van der Waals surface area contributed by atoms with Gasteiger partial charge in [-0.2, -0.15) is 5.10 Å². The molecule has 1 aromatic heterocycles. The average molecular weight is 423 g/mol. The Morgan fingerprint density at radius 1 is 1.35 bits per heavy atom. The van der Waals surface area contributed by atoms with Crippen LogP contribution in [0.1, 0.15) is 23.9 Å². The highest BCUT2D eigenvalue weighted by Gasteiger charge is 2.13. The summed E-state index contributed by atoms with van der Waals surface area (Å²) in [4.78, 5) is 0. The van der Waals surface area contributed by atoms with Crippen molar-refractivity contribution < 1.29 is 4.74 Å². The number of rotatable bonds is 5. The van der Waals surface area contributed by atoms with E-state index >= 15 is 0 Å². The minimum atomic E-state index is 0.418. The van der Waals surface area contributed by atoms with E-state index in [1.165, 1.54) is 0 Å². The molecule has 1 heterocycles. The fourth-order valence-electron chi connectivity index (χ4n) is 1.92. The highest BCUT2D eigenvalue weighted by molar-refractivity contribution is 9.10. The molecule has 6 heteroatoms. The molecule has 0 aliphatic heterocycles. The van der Waals surface area contributed by atoms with E-state index in [2.05, 4.69) is 43.9 Å². The molecule has 0 unspecified atom stereocenters. The largest absolute Gasteiger partial charge is 0.487 e. The molecule has 0 spiro atoms. The van der Waals surface area contributed by atoms with Crippen LogP contribution < -0.4 is 4.74 Å². The van der Waals surface area contributed by atoms with E-state index in [0.29, 0.717) is 12.5 Å². The van der Waals surface area contributed by atoms with Crippen molar-refractivity contribution in [2.24, 2.45) is 7.05 Å². The SMILES string of the molecule is CCc1nn(C)c(COc2ccc(Br)cc2CCl)c1Br. The molecular formula is C14H15Br2ClN2O. The van der Waals surface area contributed by atoms with E-state index in [4.69, 9.17) is 16.3 Å². The Labute approximate surface area is 140 Å². The maximum atomic E-state index is 5.95. The number of aryl methyl sites for hydroxylation is 2. The van der Waals surface area contributed by atoms with Gasteiger partial charge in [-0.15, -0.1) is 11.6 Å². The molecule has 20 heavy (non-hydrogen) atoms. The number of nitrogens with zero attached hydrogens (tertiary/aromatic N) is 2. The first-order chi connectivity index (χ1) is 9.56. The number of hydrogen-bond donors (Lipinski definition) is 0. The third-order valence-electron chi connectivity index (χ3n) is 3.03. The number of ether oxygens (including phenoxy) is 1. The molecule has 0 aliphatic rings. The average Bonchev–Trinajstić information content (AvgIpc) is 2.72. The third-order valence-corrected chi connectivity index (χ3v) is 4.73. The highest BCUT2D eigenvalue weighted by atomic mass is 79.9. The topological polar surface area (TPSA) is 27.1 Å². The number of alkyl halides is 1. The van der Waals surface area contributed by atoms with E-state index in [1.807, 2.05) is 29.9 Å². The summed E-state index contributed by atoms with van der Waals surface area (Å²) in [6, 6.07) is 5.84. The number of benzene rings is 1. The lowest BCUT2D eigenvalue weighted by molar-refractivity contribution is 0.292. The van der Waals surface area contributed by atoms with Gasteiger partial charge in [-0.3, -0.25) is 4.68 Å². The minimum Gasteiger partial charge on any atom is -0.487 e. The van der Waals surface area contributed by atoms with Crippen molar-refractivity contribution in [1.29, 1.82) is 0 Å². The Morgan fingerprint density at radius 3 is 2.70 bits per heavy atom. The van der Waals surface area contributed by atoms with E-state index in [-0.39, 0.29) is 0 Å². The third kappa shape index (κ3) is 3.38. The highest BCUT2D eigenvalue weighted by Crippen LogP contribution is 2.27. The van der Waals surface area contributed by atoms with Crippen LogP contribution in [-0.2, 0) is 26.0 Å². The smallest absolute Gasteiger partial charge is 0.131 e. The molecule has 0 saturated carbocycles. The monoisotopic (exact) mass is 420 g/mol. The molecule has 108 valence electrons. The molecule has 1 aromatic carbocycles. The normalized spacial score (nSPS) is 10.8. The predicted octanol–water partition coefficient (Wildman–Crippen LogP) is 4.83. The molecule has 0 saturated heterocycles. The summed E-state index contributed by atoms with van der Waals surface area (Å²) in [6.07, 6.45) is 0.889. The van der Waals surface area contributed by atoms with Crippen LogP contribution in [0.25, 0.3) is 0 Å². The molecule has 2 rings (SSSR count).